The van der Waals surface area contributed by atoms with Crippen LogP contribution in [0.2, 0.25) is 0 Å². The van der Waals surface area contributed by atoms with Crippen molar-refractivity contribution in [1.82, 2.24) is 4.98 Å². The lowest BCUT2D eigenvalue weighted by Crippen LogP contribution is -2.26. The van der Waals surface area contributed by atoms with E-state index >= 15 is 0 Å². The molecule has 2 rings (SSSR count). The van der Waals surface area contributed by atoms with Crippen molar-refractivity contribution in [3.8, 4) is 0 Å². The molecule has 1 aromatic rings. The molecule has 0 spiro atoms. The van der Waals surface area contributed by atoms with E-state index in [4.69, 9.17) is 15.4 Å². The van der Waals surface area contributed by atoms with Crippen LogP contribution in [0.1, 0.15) is 18.5 Å². The van der Waals surface area contributed by atoms with Crippen LogP contribution in [0.25, 0.3) is 0 Å². The molecule has 1 aromatic heterocycles. The van der Waals surface area contributed by atoms with Gasteiger partial charge in [0, 0.05) is 17.3 Å². The number of nitrogens with one attached hydrogen (secondary N) is 1. The van der Waals surface area contributed by atoms with Gasteiger partial charge in [0.2, 0.25) is 0 Å². The fraction of sp³-hybridized carbons (Fsp3) is 0.556. The Labute approximate surface area is 113 Å². The molecule has 1 unspecified atom stereocenters. The van der Waals surface area contributed by atoms with Crippen molar-refractivity contribution in [3.05, 3.63) is 5.69 Å². The number of aryl methyl sites for hydroxylation is 1. The van der Waals surface area contributed by atoms with Crippen LogP contribution in [0, 0.1) is 6.92 Å². The van der Waals surface area contributed by atoms with Crippen LogP contribution in [0.5, 0.6) is 0 Å². The van der Waals surface area contributed by atoms with Crippen LogP contribution in [0.15, 0.2) is 4.21 Å². The van der Waals surface area contributed by atoms with Gasteiger partial charge in [0.15, 0.2) is 9.34 Å². The molecule has 9 heteroatoms. The van der Waals surface area contributed by atoms with Gasteiger partial charge < -0.3 is 4.74 Å². The predicted octanol–water partition coefficient (Wildman–Crippen LogP) is 1.50. The summed E-state index contributed by atoms with van der Waals surface area (Å²) >= 11 is 0.835. The molecule has 1 N–H and O–H groups in total. The summed E-state index contributed by atoms with van der Waals surface area (Å²) in [5.41, 5.74) is 0.276. The molecule has 1 saturated heterocycles. The summed E-state index contributed by atoms with van der Waals surface area (Å²) in [6.07, 6.45) is 1.03. The largest absolute Gasteiger partial charge is 0.368 e. The minimum Gasteiger partial charge on any atom is -0.368 e. The van der Waals surface area contributed by atoms with Crippen molar-refractivity contribution in [2.75, 3.05) is 11.9 Å². The second-order valence-corrected chi connectivity index (χ2v) is 7.58. The van der Waals surface area contributed by atoms with Gasteiger partial charge in [0.05, 0.1) is 5.69 Å². The molecule has 0 radical (unpaired) electrons. The van der Waals surface area contributed by atoms with Gasteiger partial charge in [0.1, 0.15) is 6.10 Å². The number of halogens is 1. The normalized spacial score (nSPS) is 20.0. The van der Waals surface area contributed by atoms with Gasteiger partial charge in [-0.2, -0.15) is 0 Å². The van der Waals surface area contributed by atoms with Gasteiger partial charge in [-0.05, 0) is 19.8 Å². The number of hydrogen-bond donors (Lipinski definition) is 1. The standard InChI is InChI=1S/C9H11ClN2O4S2/c1-5-8(18(10,14)15)17-9(11-5)12-7(13)6-3-2-4-16-6/h6H,2-4H2,1H3,(H,11,12,13). The number of anilines is 1. The van der Waals surface area contributed by atoms with Gasteiger partial charge in [-0.25, -0.2) is 13.4 Å². The van der Waals surface area contributed by atoms with Gasteiger partial charge in [0.25, 0.3) is 15.0 Å². The van der Waals surface area contributed by atoms with Gasteiger partial charge in [-0.1, -0.05) is 11.3 Å². The molecule has 6 nitrogen and oxygen atoms in total. The average Bonchev–Trinajstić information content (AvgIpc) is 2.85. The molecule has 1 aliphatic heterocycles. The highest BCUT2D eigenvalue weighted by Crippen LogP contribution is 2.30. The first kappa shape index (κ1) is 13.7. The quantitative estimate of drug-likeness (QED) is 0.855. The first-order valence-electron chi connectivity index (χ1n) is 5.22. The zero-order valence-corrected chi connectivity index (χ0v) is 11.9. The van der Waals surface area contributed by atoms with E-state index < -0.39 is 15.2 Å². The van der Waals surface area contributed by atoms with E-state index in [2.05, 4.69) is 10.3 Å². The molecular weight excluding hydrogens is 300 g/mol. The third kappa shape index (κ3) is 3.00. The van der Waals surface area contributed by atoms with Crippen molar-refractivity contribution < 1.29 is 17.9 Å². The summed E-state index contributed by atoms with van der Waals surface area (Å²) in [5.74, 6) is -0.306. The van der Waals surface area contributed by atoms with Gasteiger partial charge in [-0.3, -0.25) is 10.1 Å². The number of aromatic nitrogens is 1. The van der Waals surface area contributed by atoms with Crippen LogP contribution < -0.4 is 5.32 Å². The zero-order chi connectivity index (χ0) is 13.3. The molecule has 0 aromatic carbocycles. The number of carbonyl (C=O) groups excluding carboxylic acids is 1. The van der Waals surface area contributed by atoms with E-state index in [0.717, 1.165) is 17.8 Å². The number of amides is 1. The lowest BCUT2D eigenvalue weighted by Gasteiger charge is -2.07. The SMILES string of the molecule is Cc1nc(NC(=O)C2CCCO2)sc1S(=O)(=O)Cl. The maximum absolute atomic E-state index is 11.7. The fourth-order valence-electron chi connectivity index (χ4n) is 1.63. The Morgan fingerprint density at radius 1 is 1.61 bits per heavy atom. The third-order valence-corrected chi connectivity index (χ3v) is 5.68. The van der Waals surface area contributed by atoms with E-state index in [1.165, 1.54) is 6.92 Å². The Morgan fingerprint density at radius 2 is 2.33 bits per heavy atom. The first-order valence-corrected chi connectivity index (χ1v) is 8.35. The van der Waals surface area contributed by atoms with E-state index in [9.17, 15) is 13.2 Å². The average molecular weight is 311 g/mol. The van der Waals surface area contributed by atoms with Crippen LogP contribution in [-0.2, 0) is 18.6 Å². The monoisotopic (exact) mass is 310 g/mol. The predicted molar refractivity (Wildman–Crippen MR) is 67.5 cm³/mol. The highest BCUT2D eigenvalue weighted by atomic mass is 35.7. The molecule has 0 saturated carbocycles. The minimum absolute atomic E-state index is 0.0493. The number of hydrogen-bond acceptors (Lipinski definition) is 6. The molecule has 1 atom stereocenters. The third-order valence-electron chi connectivity index (χ3n) is 2.43. The van der Waals surface area contributed by atoms with Crippen molar-refractivity contribution in [1.29, 1.82) is 0 Å². The van der Waals surface area contributed by atoms with Crippen LogP contribution in [-0.4, -0.2) is 32.0 Å². The summed E-state index contributed by atoms with van der Waals surface area (Å²) in [6, 6.07) is 0. The van der Waals surface area contributed by atoms with E-state index in [0.29, 0.717) is 13.0 Å². The van der Waals surface area contributed by atoms with Crippen molar-refractivity contribution in [2.24, 2.45) is 0 Å². The minimum atomic E-state index is -3.82. The molecular formula is C9H11ClN2O4S2. The molecule has 1 aliphatic rings. The van der Waals surface area contributed by atoms with Crippen molar-refractivity contribution in [2.45, 2.75) is 30.1 Å². The number of nitrogens with zero attached hydrogens (tertiary/aromatic N) is 1. The highest BCUT2D eigenvalue weighted by molar-refractivity contribution is 8.15. The number of rotatable bonds is 3. The Hall–Kier alpha value is -0.700. The Kier molecular flexibility index (Phi) is 3.90. The number of carbonyl (C=O) groups is 1. The van der Waals surface area contributed by atoms with Crippen LogP contribution in [0.3, 0.4) is 0 Å². The molecule has 100 valence electrons. The Bertz CT molecular complexity index is 563. The van der Waals surface area contributed by atoms with Crippen molar-refractivity contribution >= 4 is 42.1 Å². The maximum Gasteiger partial charge on any atom is 0.272 e. The summed E-state index contributed by atoms with van der Waals surface area (Å²) in [4.78, 5) is 15.7. The Morgan fingerprint density at radius 3 is 2.83 bits per heavy atom. The molecule has 1 amide bonds. The zero-order valence-electron chi connectivity index (χ0n) is 9.47. The second-order valence-electron chi connectivity index (χ2n) is 3.82. The van der Waals surface area contributed by atoms with Gasteiger partial charge in [-0.15, -0.1) is 0 Å². The first-order chi connectivity index (χ1) is 8.38. The van der Waals surface area contributed by atoms with E-state index in [-0.39, 0.29) is 20.9 Å². The number of ether oxygens (including phenoxy) is 1. The number of thiazole rings is 1. The molecule has 2 heterocycles. The van der Waals surface area contributed by atoms with E-state index in [1.807, 2.05) is 0 Å². The van der Waals surface area contributed by atoms with Crippen molar-refractivity contribution in [3.63, 3.8) is 0 Å². The second kappa shape index (κ2) is 5.12. The highest BCUT2D eigenvalue weighted by Gasteiger charge is 2.26. The molecule has 0 bridgehead atoms. The molecule has 0 aliphatic carbocycles. The summed E-state index contributed by atoms with van der Waals surface area (Å²) in [7, 11) is 1.42. The van der Waals surface area contributed by atoms with Gasteiger partial charge >= 0.3 is 0 Å². The molecule has 18 heavy (non-hydrogen) atoms. The fourth-order valence-corrected chi connectivity index (χ4v) is 3.99. The topological polar surface area (TPSA) is 85.4 Å². The molecule has 1 fully saturated rings. The van der Waals surface area contributed by atoms with Crippen LogP contribution >= 0.6 is 22.0 Å². The summed E-state index contributed by atoms with van der Waals surface area (Å²) in [5, 5.41) is 2.75. The summed E-state index contributed by atoms with van der Waals surface area (Å²) in [6.45, 7) is 2.09. The maximum atomic E-state index is 11.7. The lowest BCUT2D eigenvalue weighted by atomic mass is 10.2. The summed E-state index contributed by atoms with van der Waals surface area (Å²) < 4.78 is 27.6. The smallest absolute Gasteiger partial charge is 0.272 e. The lowest BCUT2D eigenvalue weighted by molar-refractivity contribution is -0.124. The van der Waals surface area contributed by atoms with E-state index in [1.54, 1.807) is 0 Å². The Balaban J connectivity index is 2.13. The van der Waals surface area contributed by atoms with Crippen LogP contribution in [0.4, 0.5) is 5.13 Å².